The van der Waals surface area contributed by atoms with Gasteiger partial charge in [0, 0.05) is 0 Å². The number of fused-ring (bicyclic) bond motifs is 1. The molecule has 0 saturated carbocycles. The van der Waals surface area contributed by atoms with Crippen LogP contribution in [0.4, 0.5) is 0 Å². The van der Waals surface area contributed by atoms with E-state index in [9.17, 15) is 9.59 Å². The van der Waals surface area contributed by atoms with Gasteiger partial charge < -0.3 is 14.4 Å². The summed E-state index contributed by atoms with van der Waals surface area (Å²) in [5.74, 6) is -1.33. The van der Waals surface area contributed by atoms with Crippen LogP contribution in [0.15, 0.2) is 42.5 Å². The van der Waals surface area contributed by atoms with Crippen molar-refractivity contribution < 1.29 is 19.1 Å². The Bertz CT molecular complexity index is 716. The molecule has 0 aliphatic carbocycles. The minimum absolute atomic E-state index is 0.0124. The molecule has 1 aromatic carbocycles. The third kappa shape index (κ3) is 2.41. The molecule has 2 bridgehead atoms. The highest BCUT2D eigenvalue weighted by Gasteiger charge is 2.67. The summed E-state index contributed by atoms with van der Waals surface area (Å²) in [6.07, 6.45) is 4.31. The number of carbonyl (C=O) groups is 2. The smallest absolute Gasteiger partial charge is 0.312 e. The minimum atomic E-state index is -0.680. The molecule has 1 aromatic rings. The summed E-state index contributed by atoms with van der Waals surface area (Å²) in [5, 5.41) is 0. The van der Waals surface area contributed by atoms with Gasteiger partial charge in [-0.3, -0.25) is 9.59 Å². The van der Waals surface area contributed by atoms with Crippen LogP contribution < -0.4 is 0 Å². The number of benzene rings is 1. The number of amides is 1. The zero-order valence-electron chi connectivity index (χ0n) is 14.6. The van der Waals surface area contributed by atoms with Gasteiger partial charge in [0.2, 0.25) is 5.91 Å². The van der Waals surface area contributed by atoms with Crippen LogP contribution in [0.5, 0.6) is 0 Å². The molecule has 0 N–H and O–H groups in total. The Morgan fingerprint density at radius 1 is 1.40 bits per heavy atom. The molecule has 5 nitrogen and oxygen atoms in total. The summed E-state index contributed by atoms with van der Waals surface area (Å²) in [4.78, 5) is 27.5. The summed E-state index contributed by atoms with van der Waals surface area (Å²) < 4.78 is 11.4. The highest BCUT2D eigenvalue weighted by atomic mass is 16.6. The summed E-state index contributed by atoms with van der Waals surface area (Å²) in [5.41, 5.74) is 0.400. The van der Waals surface area contributed by atoms with Crippen molar-refractivity contribution in [2.24, 2.45) is 11.8 Å². The summed E-state index contributed by atoms with van der Waals surface area (Å²) in [6.45, 7) is 4.84. The summed E-state index contributed by atoms with van der Waals surface area (Å²) >= 11 is 0. The van der Waals surface area contributed by atoms with Crippen molar-refractivity contribution in [2.45, 2.75) is 38.0 Å². The molecule has 5 atom stereocenters. The molecule has 5 heteroatoms. The Kier molecular flexibility index (Phi) is 3.91. The van der Waals surface area contributed by atoms with Crippen molar-refractivity contribution in [2.75, 3.05) is 13.2 Å². The van der Waals surface area contributed by atoms with Crippen LogP contribution in [-0.4, -0.2) is 41.6 Å². The normalized spacial score (nSPS) is 33.6. The van der Waals surface area contributed by atoms with E-state index in [0.717, 1.165) is 12.0 Å². The van der Waals surface area contributed by atoms with E-state index in [1.807, 2.05) is 61.2 Å². The quantitative estimate of drug-likeness (QED) is 0.610. The maximum absolute atomic E-state index is 13.2. The number of esters is 1. The molecular weight excluding hydrogens is 318 g/mol. The first-order valence-electron chi connectivity index (χ1n) is 8.96. The Labute approximate surface area is 147 Å². The number of hydrogen-bond acceptors (Lipinski definition) is 4. The van der Waals surface area contributed by atoms with Crippen molar-refractivity contribution in [1.29, 1.82) is 0 Å². The minimum Gasteiger partial charge on any atom is -0.465 e. The van der Waals surface area contributed by atoms with Gasteiger partial charge in [0.1, 0.15) is 11.5 Å². The third-order valence-corrected chi connectivity index (χ3v) is 5.60. The molecule has 1 amide bonds. The predicted molar refractivity (Wildman–Crippen MR) is 91.5 cm³/mol. The third-order valence-electron chi connectivity index (χ3n) is 5.60. The molecule has 0 unspecified atom stereocenters. The molecule has 132 valence electrons. The molecule has 1 spiro atoms. The van der Waals surface area contributed by atoms with Gasteiger partial charge in [-0.15, -0.1) is 0 Å². The van der Waals surface area contributed by atoms with Crippen LogP contribution in [0.3, 0.4) is 0 Å². The first-order valence-corrected chi connectivity index (χ1v) is 8.96. The largest absolute Gasteiger partial charge is 0.465 e. The molecule has 4 rings (SSSR count). The molecular formula is C20H23NO4. The van der Waals surface area contributed by atoms with Crippen molar-refractivity contribution in [3.05, 3.63) is 48.0 Å². The Hall–Kier alpha value is -2.14. The number of nitrogens with zero attached hydrogens (tertiary/aromatic N) is 1. The zero-order chi connectivity index (χ0) is 17.6. The highest BCUT2D eigenvalue weighted by Crippen LogP contribution is 2.53. The topological polar surface area (TPSA) is 55.8 Å². The van der Waals surface area contributed by atoms with E-state index in [-0.39, 0.29) is 24.0 Å². The SMILES string of the molecule is CCCOC(=O)[C@H]1[C@@H]2C=C[C@]3(CN([C@@H](C)c4ccccc4)C(=O)[C@H]13)O2. The van der Waals surface area contributed by atoms with Gasteiger partial charge in [-0.25, -0.2) is 0 Å². The van der Waals surface area contributed by atoms with Crippen LogP contribution in [-0.2, 0) is 19.1 Å². The number of hydrogen-bond donors (Lipinski definition) is 0. The molecule has 2 saturated heterocycles. The molecule has 2 fully saturated rings. The van der Waals surface area contributed by atoms with Crippen LogP contribution in [0, 0.1) is 11.8 Å². The first kappa shape index (κ1) is 16.3. The van der Waals surface area contributed by atoms with E-state index in [1.54, 1.807) is 0 Å². The highest BCUT2D eigenvalue weighted by molar-refractivity contribution is 5.91. The Morgan fingerprint density at radius 3 is 2.88 bits per heavy atom. The summed E-state index contributed by atoms with van der Waals surface area (Å²) in [6, 6.07) is 9.88. The lowest BCUT2D eigenvalue weighted by molar-refractivity contribution is -0.154. The number of rotatable bonds is 5. The van der Waals surface area contributed by atoms with Crippen LogP contribution in [0.2, 0.25) is 0 Å². The van der Waals surface area contributed by atoms with Crippen LogP contribution >= 0.6 is 0 Å². The fourth-order valence-corrected chi connectivity index (χ4v) is 4.34. The van der Waals surface area contributed by atoms with Crippen molar-refractivity contribution in [1.82, 2.24) is 4.90 Å². The van der Waals surface area contributed by atoms with Crippen molar-refractivity contribution in [3.63, 3.8) is 0 Å². The van der Waals surface area contributed by atoms with Crippen molar-refractivity contribution in [3.8, 4) is 0 Å². The lowest BCUT2D eigenvalue weighted by Gasteiger charge is -2.27. The standard InChI is InChI=1S/C20H23NO4/c1-3-11-24-19(23)16-15-9-10-20(25-15)12-21(18(22)17(16)20)13(2)14-7-5-4-6-8-14/h4-10,13,15-17H,3,11-12H2,1-2H3/t13-,15-,16-,17-,20+/m0/s1. The van der Waals surface area contributed by atoms with Gasteiger partial charge in [-0.2, -0.15) is 0 Å². The van der Waals surface area contributed by atoms with E-state index in [4.69, 9.17) is 9.47 Å². The maximum atomic E-state index is 13.2. The van der Waals surface area contributed by atoms with E-state index in [2.05, 4.69) is 0 Å². The van der Waals surface area contributed by atoms with Gasteiger partial charge >= 0.3 is 5.97 Å². The number of carbonyl (C=O) groups excluding carboxylic acids is 2. The monoisotopic (exact) mass is 341 g/mol. The predicted octanol–water partition coefficient (Wildman–Crippen LogP) is 2.48. The Morgan fingerprint density at radius 2 is 2.16 bits per heavy atom. The average Bonchev–Trinajstić information content (AvgIpc) is 3.28. The van der Waals surface area contributed by atoms with E-state index < -0.39 is 17.4 Å². The average molecular weight is 341 g/mol. The van der Waals surface area contributed by atoms with Gasteiger partial charge in [0.25, 0.3) is 0 Å². The molecule has 25 heavy (non-hydrogen) atoms. The number of ether oxygens (including phenoxy) is 2. The fraction of sp³-hybridized carbons (Fsp3) is 0.500. The second-order valence-electron chi connectivity index (χ2n) is 7.12. The zero-order valence-corrected chi connectivity index (χ0v) is 14.6. The van der Waals surface area contributed by atoms with Gasteiger partial charge in [0.05, 0.1) is 31.2 Å². The maximum Gasteiger partial charge on any atom is 0.312 e. The molecule has 3 aliphatic rings. The molecule has 3 aliphatic heterocycles. The van der Waals surface area contributed by atoms with Gasteiger partial charge in [-0.05, 0) is 18.9 Å². The lowest BCUT2D eigenvalue weighted by Crippen LogP contribution is -2.40. The second-order valence-corrected chi connectivity index (χ2v) is 7.12. The van der Waals surface area contributed by atoms with E-state index in [1.165, 1.54) is 0 Å². The Balaban J connectivity index is 1.60. The fourth-order valence-electron chi connectivity index (χ4n) is 4.34. The van der Waals surface area contributed by atoms with Crippen LogP contribution in [0.1, 0.15) is 31.9 Å². The van der Waals surface area contributed by atoms with Crippen molar-refractivity contribution >= 4 is 11.9 Å². The second kappa shape index (κ2) is 5.99. The number of likely N-dealkylation sites (tertiary alicyclic amines) is 1. The first-order chi connectivity index (χ1) is 12.1. The molecule has 3 heterocycles. The van der Waals surface area contributed by atoms with Gasteiger partial charge in [0.15, 0.2) is 0 Å². The van der Waals surface area contributed by atoms with E-state index >= 15 is 0 Å². The van der Waals surface area contributed by atoms with Gasteiger partial charge in [-0.1, -0.05) is 49.4 Å². The molecule has 0 radical (unpaired) electrons. The van der Waals surface area contributed by atoms with Crippen LogP contribution in [0.25, 0.3) is 0 Å². The molecule has 0 aromatic heterocycles. The summed E-state index contributed by atoms with van der Waals surface area (Å²) in [7, 11) is 0. The lowest BCUT2D eigenvalue weighted by atomic mass is 9.77. The van der Waals surface area contributed by atoms with E-state index in [0.29, 0.717) is 13.2 Å².